The Bertz CT molecular complexity index is 304. The van der Waals surface area contributed by atoms with Gasteiger partial charge in [-0.2, -0.15) is 0 Å². The van der Waals surface area contributed by atoms with E-state index in [1.165, 1.54) is 12.0 Å². The maximum Gasteiger partial charge on any atom is 0.0464 e. The highest BCUT2D eigenvalue weighted by molar-refractivity contribution is 5.26. The van der Waals surface area contributed by atoms with E-state index in [1.807, 2.05) is 0 Å². The highest BCUT2D eigenvalue weighted by Crippen LogP contribution is 2.53. The van der Waals surface area contributed by atoms with Gasteiger partial charge in [0.15, 0.2) is 0 Å². The molecule has 2 rings (SSSR count). The normalized spacial score (nSPS) is 26.7. The molecule has 0 aliphatic heterocycles. The molecule has 1 heteroatoms. The summed E-state index contributed by atoms with van der Waals surface area (Å²) < 4.78 is 0. The minimum atomic E-state index is 0.339. The van der Waals surface area contributed by atoms with Gasteiger partial charge < -0.3 is 5.11 Å². The van der Waals surface area contributed by atoms with E-state index in [0.29, 0.717) is 30.3 Å². The lowest BCUT2D eigenvalue weighted by Gasteiger charge is -2.18. The molecule has 1 fully saturated rings. The second-order valence-electron chi connectivity index (χ2n) is 5.01. The second-order valence-corrected chi connectivity index (χ2v) is 5.01. The van der Waals surface area contributed by atoms with Crippen LogP contribution in [0.25, 0.3) is 0 Å². The van der Waals surface area contributed by atoms with Gasteiger partial charge in [0.1, 0.15) is 0 Å². The first-order valence-corrected chi connectivity index (χ1v) is 5.90. The molecule has 0 amide bonds. The Labute approximate surface area is 92.1 Å². The van der Waals surface area contributed by atoms with Crippen LogP contribution in [-0.4, -0.2) is 11.7 Å². The van der Waals surface area contributed by atoms with Gasteiger partial charge in [0, 0.05) is 6.61 Å². The molecule has 0 bridgehead atoms. The first-order valence-electron chi connectivity index (χ1n) is 5.90. The summed E-state index contributed by atoms with van der Waals surface area (Å²) in [5.74, 6) is 2.48. The van der Waals surface area contributed by atoms with Gasteiger partial charge in [-0.3, -0.25) is 0 Å². The predicted octanol–water partition coefficient (Wildman–Crippen LogP) is 3.05. The van der Waals surface area contributed by atoms with E-state index in [-0.39, 0.29) is 0 Å². The van der Waals surface area contributed by atoms with Gasteiger partial charge in [-0.25, -0.2) is 0 Å². The average molecular weight is 204 g/mol. The maximum absolute atomic E-state index is 9.37. The SMILES string of the molecule is CC(C)C(CO)C1CC1c1ccccc1. The molecule has 1 N–H and O–H groups in total. The van der Waals surface area contributed by atoms with E-state index >= 15 is 0 Å². The molecule has 1 nitrogen and oxygen atoms in total. The van der Waals surface area contributed by atoms with Crippen LogP contribution in [-0.2, 0) is 0 Å². The van der Waals surface area contributed by atoms with E-state index in [4.69, 9.17) is 0 Å². The number of hydrogen-bond acceptors (Lipinski definition) is 1. The molecule has 1 aliphatic carbocycles. The van der Waals surface area contributed by atoms with E-state index in [1.54, 1.807) is 0 Å². The smallest absolute Gasteiger partial charge is 0.0464 e. The van der Waals surface area contributed by atoms with Crippen LogP contribution in [0.5, 0.6) is 0 Å². The number of benzene rings is 1. The molecule has 0 saturated heterocycles. The Morgan fingerprint density at radius 3 is 2.47 bits per heavy atom. The lowest BCUT2D eigenvalue weighted by atomic mass is 9.90. The second kappa shape index (κ2) is 4.36. The van der Waals surface area contributed by atoms with Crippen LogP contribution >= 0.6 is 0 Å². The third-order valence-electron chi connectivity index (χ3n) is 3.68. The molecule has 0 heterocycles. The highest BCUT2D eigenvalue weighted by atomic mass is 16.3. The molecule has 1 saturated carbocycles. The molecule has 1 aromatic carbocycles. The van der Waals surface area contributed by atoms with Gasteiger partial charge in [0.05, 0.1) is 0 Å². The van der Waals surface area contributed by atoms with Crippen LogP contribution in [0.15, 0.2) is 30.3 Å². The molecular weight excluding hydrogens is 184 g/mol. The van der Waals surface area contributed by atoms with Crippen molar-refractivity contribution in [2.75, 3.05) is 6.61 Å². The summed E-state index contributed by atoms with van der Waals surface area (Å²) in [4.78, 5) is 0. The van der Waals surface area contributed by atoms with Crippen LogP contribution in [0.4, 0.5) is 0 Å². The summed E-state index contributed by atoms with van der Waals surface area (Å²) >= 11 is 0. The standard InChI is InChI=1S/C14H20O/c1-10(2)14(9-15)13-8-12(13)11-6-4-3-5-7-11/h3-7,10,12-15H,8-9H2,1-2H3. The molecule has 3 atom stereocenters. The Hall–Kier alpha value is -0.820. The van der Waals surface area contributed by atoms with Crippen molar-refractivity contribution in [1.29, 1.82) is 0 Å². The maximum atomic E-state index is 9.37. The molecular formula is C14H20O. The Balaban J connectivity index is 2.01. The molecule has 0 aromatic heterocycles. The summed E-state index contributed by atoms with van der Waals surface area (Å²) in [5, 5.41) is 9.37. The van der Waals surface area contributed by atoms with Gasteiger partial charge in [0.2, 0.25) is 0 Å². The Morgan fingerprint density at radius 2 is 1.93 bits per heavy atom. The van der Waals surface area contributed by atoms with E-state index in [9.17, 15) is 5.11 Å². The molecule has 0 radical (unpaired) electrons. The molecule has 15 heavy (non-hydrogen) atoms. The third kappa shape index (κ3) is 2.23. The summed E-state index contributed by atoms with van der Waals surface area (Å²) in [6, 6.07) is 10.7. The van der Waals surface area contributed by atoms with Crippen molar-refractivity contribution in [3.8, 4) is 0 Å². The van der Waals surface area contributed by atoms with Crippen molar-refractivity contribution in [2.24, 2.45) is 17.8 Å². The van der Waals surface area contributed by atoms with Crippen molar-refractivity contribution in [1.82, 2.24) is 0 Å². The lowest BCUT2D eigenvalue weighted by molar-refractivity contribution is 0.169. The number of aliphatic hydroxyl groups is 1. The zero-order valence-corrected chi connectivity index (χ0v) is 9.56. The number of hydrogen-bond donors (Lipinski definition) is 1. The zero-order valence-electron chi connectivity index (χ0n) is 9.56. The molecule has 3 unspecified atom stereocenters. The van der Waals surface area contributed by atoms with Crippen molar-refractivity contribution in [3.05, 3.63) is 35.9 Å². The van der Waals surface area contributed by atoms with Crippen LogP contribution in [0.3, 0.4) is 0 Å². The van der Waals surface area contributed by atoms with E-state index in [0.717, 1.165) is 0 Å². The first kappa shape index (κ1) is 10.7. The highest BCUT2D eigenvalue weighted by Gasteiger charge is 2.44. The molecule has 0 spiro atoms. The van der Waals surface area contributed by atoms with Gasteiger partial charge in [-0.1, -0.05) is 44.2 Å². The fraction of sp³-hybridized carbons (Fsp3) is 0.571. The molecule has 82 valence electrons. The lowest BCUT2D eigenvalue weighted by Crippen LogP contribution is -2.16. The van der Waals surface area contributed by atoms with Gasteiger partial charge >= 0.3 is 0 Å². The van der Waals surface area contributed by atoms with Gasteiger partial charge in [-0.05, 0) is 35.7 Å². The summed E-state index contributed by atoms with van der Waals surface area (Å²) in [6.45, 7) is 4.76. The van der Waals surface area contributed by atoms with Crippen molar-refractivity contribution in [3.63, 3.8) is 0 Å². The summed E-state index contributed by atoms with van der Waals surface area (Å²) in [6.07, 6.45) is 1.26. The summed E-state index contributed by atoms with van der Waals surface area (Å²) in [7, 11) is 0. The fourth-order valence-electron chi connectivity index (χ4n) is 2.61. The monoisotopic (exact) mass is 204 g/mol. The van der Waals surface area contributed by atoms with Gasteiger partial charge in [-0.15, -0.1) is 0 Å². The Kier molecular flexibility index (Phi) is 3.11. The van der Waals surface area contributed by atoms with Crippen LogP contribution in [0.2, 0.25) is 0 Å². The minimum absolute atomic E-state index is 0.339. The molecule has 1 aliphatic rings. The van der Waals surface area contributed by atoms with E-state index < -0.39 is 0 Å². The zero-order chi connectivity index (χ0) is 10.8. The van der Waals surface area contributed by atoms with Crippen LogP contribution < -0.4 is 0 Å². The average Bonchev–Trinajstić information content (AvgIpc) is 3.00. The van der Waals surface area contributed by atoms with Crippen LogP contribution in [0.1, 0.15) is 31.7 Å². The van der Waals surface area contributed by atoms with Crippen molar-refractivity contribution in [2.45, 2.75) is 26.2 Å². The van der Waals surface area contributed by atoms with Crippen LogP contribution in [0, 0.1) is 17.8 Å². The quantitative estimate of drug-likeness (QED) is 0.799. The predicted molar refractivity (Wildman–Crippen MR) is 62.7 cm³/mol. The fourth-order valence-corrected chi connectivity index (χ4v) is 2.61. The molecule has 1 aromatic rings. The minimum Gasteiger partial charge on any atom is -0.396 e. The number of aliphatic hydroxyl groups excluding tert-OH is 1. The van der Waals surface area contributed by atoms with E-state index in [2.05, 4.69) is 44.2 Å². The number of rotatable bonds is 4. The summed E-state index contributed by atoms with van der Waals surface area (Å²) in [5.41, 5.74) is 1.45. The third-order valence-corrected chi connectivity index (χ3v) is 3.68. The first-order chi connectivity index (χ1) is 7.24. The largest absolute Gasteiger partial charge is 0.396 e. The Morgan fingerprint density at radius 1 is 1.27 bits per heavy atom. The van der Waals surface area contributed by atoms with Gasteiger partial charge in [0.25, 0.3) is 0 Å². The van der Waals surface area contributed by atoms with Crippen molar-refractivity contribution < 1.29 is 5.11 Å². The topological polar surface area (TPSA) is 20.2 Å². The van der Waals surface area contributed by atoms with Crippen molar-refractivity contribution >= 4 is 0 Å².